The number of hydrogen-bond acceptors (Lipinski definition) is 3. The van der Waals surface area contributed by atoms with Gasteiger partial charge >= 0.3 is 0 Å². The second-order valence-electron chi connectivity index (χ2n) is 6.03. The Morgan fingerprint density at radius 2 is 2.05 bits per heavy atom. The molecule has 0 aliphatic carbocycles. The second kappa shape index (κ2) is 8.02. The van der Waals surface area contributed by atoms with Gasteiger partial charge in [0.2, 0.25) is 5.91 Å². The third-order valence-corrected chi connectivity index (χ3v) is 3.15. The largest absolute Gasteiger partial charge is 0.366 e. The van der Waals surface area contributed by atoms with Crippen molar-refractivity contribution < 1.29 is 4.79 Å². The molecule has 0 aromatic heterocycles. The quantitative estimate of drug-likeness (QED) is 0.762. The van der Waals surface area contributed by atoms with Gasteiger partial charge in [-0.05, 0) is 44.1 Å². The molecule has 1 aromatic carbocycles. The molecule has 0 saturated carbocycles. The number of likely N-dealkylation sites (N-methyl/N-ethyl adjacent to an activating group) is 1. The lowest BCUT2D eigenvalue weighted by Crippen LogP contribution is -2.38. The molecular formula is C16H27N3O. The Kier molecular flexibility index (Phi) is 6.68. The van der Waals surface area contributed by atoms with Crippen molar-refractivity contribution in [3.8, 4) is 0 Å². The van der Waals surface area contributed by atoms with Gasteiger partial charge in [-0.15, -0.1) is 0 Å². The van der Waals surface area contributed by atoms with Crippen molar-refractivity contribution in [2.24, 2.45) is 11.7 Å². The summed E-state index contributed by atoms with van der Waals surface area (Å²) in [5.74, 6) is 0.281. The molecule has 0 heterocycles. The molecule has 3 N–H and O–H groups in total. The van der Waals surface area contributed by atoms with Gasteiger partial charge in [0.15, 0.2) is 0 Å². The fourth-order valence-electron chi connectivity index (χ4n) is 2.33. The fraction of sp³-hybridized carbons (Fsp3) is 0.562. The van der Waals surface area contributed by atoms with E-state index in [0.717, 1.165) is 25.1 Å². The normalized spacial score (nSPS) is 12.9. The highest BCUT2D eigenvalue weighted by molar-refractivity contribution is 5.92. The van der Waals surface area contributed by atoms with Crippen LogP contribution < -0.4 is 11.1 Å². The van der Waals surface area contributed by atoms with Gasteiger partial charge in [0.05, 0.1) is 0 Å². The van der Waals surface area contributed by atoms with Crippen molar-refractivity contribution in [2.75, 3.05) is 20.6 Å². The summed E-state index contributed by atoms with van der Waals surface area (Å²) in [6.45, 7) is 6.23. The molecular weight excluding hydrogens is 250 g/mol. The Bertz CT molecular complexity index is 419. The second-order valence-corrected chi connectivity index (χ2v) is 6.03. The minimum Gasteiger partial charge on any atom is -0.366 e. The summed E-state index contributed by atoms with van der Waals surface area (Å²) in [6.07, 6.45) is 1.13. The number of primary amides is 1. The molecule has 112 valence electrons. The summed E-state index contributed by atoms with van der Waals surface area (Å²) < 4.78 is 0. The smallest absolute Gasteiger partial charge is 0.248 e. The van der Waals surface area contributed by atoms with E-state index in [1.165, 1.54) is 0 Å². The van der Waals surface area contributed by atoms with E-state index in [2.05, 4.69) is 38.2 Å². The first-order chi connectivity index (χ1) is 9.38. The van der Waals surface area contributed by atoms with Crippen LogP contribution in [0, 0.1) is 5.92 Å². The van der Waals surface area contributed by atoms with E-state index >= 15 is 0 Å². The standard InChI is InChI=1S/C16H27N3O/c1-12(2)8-15(11-19(3)4)18-10-13-6-5-7-14(9-13)16(17)20/h5-7,9,12,15,18H,8,10-11H2,1-4H3,(H2,17,20). The lowest BCUT2D eigenvalue weighted by molar-refractivity contribution is 0.1000. The maximum atomic E-state index is 11.2. The van der Waals surface area contributed by atoms with Gasteiger partial charge in [0.25, 0.3) is 0 Å². The average Bonchev–Trinajstić information content (AvgIpc) is 2.35. The predicted molar refractivity (Wildman–Crippen MR) is 83.6 cm³/mol. The zero-order valence-electron chi connectivity index (χ0n) is 13.0. The predicted octanol–water partition coefficient (Wildman–Crippen LogP) is 1.85. The van der Waals surface area contributed by atoms with E-state index in [4.69, 9.17) is 5.73 Å². The lowest BCUT2D eigenvalue weighted by atomic mass is 10.0. The Hall–Kier alpha value is -1.39. The number of nitrogens with zero attached hydrogens (tertiary/aromatic N) is 1. The molecule has 4 heteroatoms. The van der Waals surface area contributed by atoms with E-state index in [9.17, 15) is 4.79 Å². The summed E-state index contributed by atoms with van der Waals surface area (Å²) in [5, 5.41) is 3.57. The van der Waals surface area contributed by atoms with Gasteiger partial charge in [0, 0.05) is 24.7 Å². The molecule has 0 saturated heterocycles. The monoisotopic (exact) mass is 277 g/mol. The van der Waals surface area contributed by atoms with E-state index in [1.54, 1.807) is 6.07 Å². The van der Waals surface area contributed by atoms with Crippen molar-refractivity contribution >= 4 is 5.91 Å². The zero-order valence-corrected chi connectivity index (χ0v) is 13.0. The van der Waals surface area contributed by atoms with Crippen LogP contribution in [0.15, 0.2) is 24.3 Å². The van der Waals surface area contributed by atoms with Crippen LogP contribution in [0.2, 0.25) is 0 Å². The minimum atomic E-state index is -0.376. The highest BCUT2D eigenvalue weighted by atomic mass is 16.1. The SMILES string of the molecule is CC(C)CC(CN(C)C)NCc1cccc(C(N)=O)c1. The molecule has 4 nitrogen and oxygen atoms in total. The van der Waals surface area contributed by atoms with Crippen LogP contribution in [0.3, 0.4) is 0 Å². The summed E-state index contributed by atoms with van der Waals surface area (Å²) >= 11 is 0. The number of amides is 1. The summed E-state index contributed by atoms with van der Waals surface area (Å²) in [5.41, 5.74) is 6.96. The zero-order chi connectivity index (χ0) is 15.1. The van der Waals surface area contributed by atoms with Crippen LogP contribution in [-0.2, 0) is 6.54 Å². The van der Waals surface area contributed by atoms with E-state index in [-0.39, 0.29) is 5.91 Å². The maximum absolute atomic E-state index is 11.2. The molecule has 1 unspecified atom stereocenters. The molecule has 0 aliphatic rings. The minimum absolute atomic E-state index is 0.376. The molecule has 0 spiro atoms. The molecule has 0 radical (unpaired) electrons. The molecule has 1 amide bonds. The van der Waals surface area contributed by atoms with Crippen LogP contribution in [0.25, 0.3) is 0 Å². The van der Waals surface area contributed by atoms with Gasteiger partial charge in [-0.25, -0.2) is 0 Å². The van der Waals surface area contributed by atoms with E-state index < -0.39 is 0 Å². The molecule has 1 atom stereocenters. The van der Waals surface area contributed by atoms with Crippen LogP contribution in [0.5, 0.6) is 0 Å². The first-order valence-electron chi connectivity index (χ1n) is 7.15. The molecule has 0 fully saturated rings. The Morgan fingerprint density at radius 3 is 2.60 bits per heavy atom. The van der Waals surface area contributed by atoms with Gasteiger partial charge in [0.1, 0.15) is 0 Å². The third-order valence-electron chi connectivity index (χ3n) is 3.15. The van der Waals surface area contributed by atoms with Gasteiger partial charge < -0.3 is 16.0 Å². The topological polar surface area (TPSA) is 58.4 Å². The van der Waals surface area contributed by atoms with Gasteiger partial charge in [-0.2, -0.15) is 0 Å². The van der Waals surface area contributed by atoms with Crippen molar-refractivity contribution in [3.63, 3.8) is 0 Å². The van der Waals surface area contributed by atoms with Crippen molar-refractivity contribution in [1.29, 1.82) is 0 Å². The summed E-state index contributed by atoms with van der Waals surface area (Å²) in [7, 11) is 4.17. The lowest BCUT2D eigenvalue weighted by Gasteiger charge is -2.24. The van der Waals surface area contributed by atoms with Crippen LogP contribution in [0.4, 0.5) is 0 Å². The Balaban J connectivity index is 2.61. The number of nitrogens with one attached hydrogen (secondary N) is 1. The molecule has 1 aromatic rings. The Labute approximate surface area is 122 Å². The Morgan fingerprint density at radius 1 is 1.35 bits per heavy atom. The number of carbonyl (C=O) groups excluding carboxylic acids is 1. The van der Waals surface area contributed by atoms with Crippen molar-refractivity contribution in [3.05, 3.63) is 35.4 Å². The van der Waals surface area contributed by atoms with E-state index in [0.29, 0.717) is 17.5 Å². The van der Waals surface area contributed by atoms with Gasteiger partial charge in [-0.3, -0.25) is 4.79 Å². The highest BCUT2D eigenvalue weighted by Crippen LogP contribution is 2.09. The van der Waals surface area contributed by atoms with Crippen LogP contribution in [0.1, 0.15) is 36.2 Å². The third kappa shape index (κ3) is 6.17. The highest BCUT2D eigenvalue weighted by Gasteiger charge is 2.11. The van der Waals surface area contributed by atoms with Crippen molar-refractivity contribution in [2.45, 2.75) is 32.9 Å². The first-order valence-corrected chi connectivity index (χ1v) is 7.15. The molecule has 1 rings (SSSR count). The number of nitrogens with two attached hydrogens (primary N) is 1. The number of carbonyl (C=O) groups is 1. The van der Waals surface area contributed by atoms with Crippen LogP contribution in [-0.4, -0.2) is 37.5 Å². The van der Waals surface area contributed by atoms with E-state index in [1.807, 2.05) is 18.2 Å². The average molecular weight is 277 g/mol. The number of rotatable bonds is 8. The number of hydrogen-bond donors (Lipinski definition) is 2. The summed E-state index contributed by atoms with van der Waals surface area (Å²) in [6, 6.07) is 7.94. The first kappa shape index (κ1) is 16.7. The fourth-order valence-corrected chi connectivity index (χ4v) is 2.33. The molecule has 0 aliphatic heterocycles. The van der Waals surface area contributed by atoms with Gasteiger partial charge in [-0.1, -0.05) is 26.0 Å². The molecule has 20 heavy (non-hydrogen) atoms. The molecule has 0 bridgehead atoms. The van der Waals surface area contributed by atoms with Crippen molar-refractivity contribution in [1.82, 2.24) is 10.2 Å². The van der Waals surface area contributed by atoms with Crippen LogP contribution >= 0.6 is 0 Å². The maximum Gasteiger partial charge on any atom is 0.248 e. The summed E-state index contributed by atoms with van der Waals surface area (Å²) in [4.78, 5) is 13.4. The number of benzene rings is 1.